The Morgan fingerprint density at radius 2 is 1.77 bits per heavy atom. The van der Waals surface area contributed by atoms with E-state index in [1.165, 1.54) is 6.92 Å². The van der Waals surface area contributed by atoms with Crippen molar-refractivity contribution in [2.75, 3.05) is 24.3 Å². The molecular weight excluding hydrogens is 424 g/mol. The Hall–Kier alpha value is -3.34. The molecule has 0 saturated heterocycles. The number of rotatable bonds is 6. The highest BCUT2D eigenvalue weighted by Crippen LogP contribution is 2.32. The molecule has 0 radical (unpaired) electrons. The number of nitrogens with zero attached hydrogens (tertiary/aromatic N) is 2. The summed E-state index contributed by atoms with van der Waals surface area (Å²) in [6, 6.07) is 5.93. The van der Waals surface area contributed by atoms with E-state index in [-0.39, 0.29) is 5.75 Å². The highest BCUT2D eigenvalue weighted by atomic mass is 32.2. The number of carbonyl (C=O) groups is 3. The number of aromatic nitrogens is 2. The molecule has 0 unspecified atom stereocenters. The summed E-state index contributed by atoms with van der Waals surface area (Å²) >= 11 is 1.11. The molecule has 0 spiro atoms. The Morgan fingerprint density at radius 3 is 2.48 bits per heavy atom. The Balaban J connectivity index is 1.45. The van der Waals surface area contributed by atoms with E-state index < -0.39 is 24.0 Å². The van der Waals surface area contributed by atoms with Gasteiger partial charge in [0, 0.05) is 23.1 Å². The van der Waals surface area contributed by atoms with Crippen LogP contribution >= 0.6 is 11.8 Å². The van der Waals surface area contributed by atoms with Gasteiger partial charge in [-0.15, -0.1) is 0 Å². The van der Waals surface area contributed by atoms with Crippen molar-refractivity contribution in [2.45, 2.75) is 32.0 Å². The first-order valence-electron chi connectivity index (χ1n) is 9.46. The fourth-order valence-corrected chi connectivity index (χ4v) is 3.40. The minimum absolute atomic E-state index is 0.0656. The Labute approximate surface area is 183 Å². The first kappa shape index (κ1) is 22.3. The number of thioether (sulfide) groups is 1. The third kappa shape index (κ3) is 6.57. The maximum absolute atomic E-state index is 12.2. The molecule has 0 fully saturated rings. The second-order valence-corrected chi connectivity index (χ2v) is 7.60. The number of imide groups is 1. The molecule has 3 amide bonds. The fourth-order valence-electron chi connectivity index (χ4n) is 2.66. The van der Waals surface area contributed by atoms with E-state index in [4.69, 9.17) is 14.2 Å². The van der Waals surface area contributed by atoms with E-state index in [2.05, 4.69) is 20.6 Å². The van der Waals surface area contributed by atoms with Gasteiger partial charge in [-0.3, -0.25) is 14.9 Å². The first-order valence-corrected chi connectivity index (χ1v) is 10.4. The van der Waals surface area contributed by atoms with Crippen LogP contribution in [0.3, 0.4) is 0 Å². The molecule has 0 aliphatic carbocycles. The number of aryl methyl sites for hydroxylation is 2. The summed E-state index contributed by atoms with van der Waals surface area (Å²) < 4.78 is 15.9. The van der Waals surface area contributed by atoms with Crippen molar-refractivity contribution < 1.29 is 28.6 Å². The number of esters is 1. The summed E-state index contributed by atoms with van der Waals surface area (Å²) in [4.78, 5) is 44.7. The van der Waals surface area contributed by atoms with Crippen LogP contribution in [-0.2, 0) is 14.3 Å². The van der Waals surface area contributed by atoms with E-state index in [1.54, 1.807) is 18.2 Å². The maximum atomic E-state index is 12.2. The lowest BCUT2D eigenvalue weighted by Gasteiger charge is -2.19. The van der Waals surface area contributed by atoms with Crippen molar-refractivity contribution in [1.82, 2.24) is 15.3 Å². The van der Waals surface area contributed by atoms with E-state index >= 15 is 0 Å². The lowest BCUT2D eigenvalue weighted by atomic mass is 10.2. The van der Waals surface area contributed by atoms with Gasteiger partial charge in [0.05, 0.1) is 5.75 Å². The molecule has 1 atom stereocenters. The number of amides is 3. The molecule has 2 aromatic rings. The molecule has 1 aromatic carbocycles. The standard InChI is InChI=1S/C20H22N4O6S/c1-11-8-12(2)22-20(21-11)31-10-17(25)30-13(3)18(26)24-19(27)23-14-4-5-15-16(9-14)29-7-6-28-15/h4-5,8-9,13H,6-7,10H2,1-3H3,(H2,23,24,26,27)/t13-/m1/s1. The first-order chi connectivity index (χ1) is 14.8. The number of fused-ring (bicyclic) bond motifs is 1. The third-order valence-electron chi connectivity index (χ3n) is 4.00. The van der Waals surface area contributed by atoms with Crippen LogP contribution in [0.15, 0.2) is 29.4 Å². The summed E-state index contributed by atoms with van der Waals surface area (Å²) in [6.07, 6.45) is -1.15. The minimum atomic E-state index is -1.15. The van der Waals surface area contributed by atoms with Gasteiger partial charge in [0.25, 0.3) is 5.91 Å². The molecule has 1 aliphatic heterocycles. The Morgan fingerprint density at radius 1 is 1.10 bits per heavy atom. The number of nitrogens with one attached hydrogen (secondary N) is 2. The summed E-state index contributed by atoms with van der Waals surface area (Å²) in [5, 5.41) is 5.10. The normalized spacial score (nSPS) is 13.1. The number of urea groups is 1. The predicted molar refractivity (Wildman–Crippen MR) is 112 cm³/mol. The molecule has 31 heavy (non-hydrogen) atoms. The average molecular weight is 446 g/mol. The lowest BCUT2D eigenvalue weighted by Crippen LogP contribution is -2.41. The predicted octanol–water partition coefficient (Wildman–Crippen LogP) is 2.24. The molecule has 1 aliphatic rings. The molecular formula is C20H22N4O6S. The zero-order valence-corrected chi connectivity index (χ0v) is 18.1. The fraction of sp³-hybridized carbons (Fsp3) is 0.350. The van der Waals surface area contributed by atoms with Crippen LogP contribution in [0.25, 0.3) is 0 Å². The number of hydrogen-bond donors (Lipinski definition) is 2. The number of benzene rings is 1. The van der Waals surface area contributed by atoms with Crippen LogP contribution < -0.4 is 20.1 Å². The summed E-state index contributed by atoms with van der Waals surface area (Å²) in [5.41, 5.74) is 2.00. The van der Waals surface area contributed by atoms with Crippen molar-refractivity contribution in [2.24, 2.45) is 0 Å². The highest BCUT2D eigenvalue weighted by molar-refractivity contribution is 7.99. The second-order valence-electron chi connectivity index (χ2n) is 6.66. The van der Waals surface area contributed by atoms with Crippen molar-refractivity contribution in [3.05, 3.63) is 35.7 Å². The summed E-state index contributed by atoms with van der Waals surface area (Å²) in [6.45, 7) is 5.92. The Bertz CT molecular complexity index is 979. The molecule has 1 aromatic heterocycles. The molecule has 0 saturated carbocycles. The molecule has 10 nitrogen and oxygen atoms in total. The van der Waals surface area contributed by atoms with E-state index in [1.807, 2.05) is 19.9 Å². The smallest absolute Gasteiger partial charge is 0.325 e. The summed E-state index contributed by atoms with van der Waals surface area (Å²) in [7, 11) is 0. The van der Waals surface area contributed by atoms with Gasteiger partial charge in [-0.2, -0.15) is 0 Å². The highest BCUT2D eigenvalue weighted by Gasteiger charge is 2.21. The van der Waals surface area contributed by atoms with Crippen molar-refractivity contribution in [1.29, 1.82) is 0 Å². The van der Waals surface area contributed by atoms with E-state index in [0.717, 1.165) is 23.1 Å². The van der Waals surface area contributed by atoms with Gasteiger partial charge < -0.3 is 19.5 Å². The molecule has 11 heteroatoms. The monoisotopic (exact) mass is 446 g/mol. The van der Waals surface area contributed by atoms with Crippen LogP contribution in [0.2, 0.25) is 0 Å². The van der Waals surface area contributed by atoms with Crippen molar-refractivity contribution in [3.8, 4) is 11.5 Å². The molecule has 2 heterocycles. The number of ether oxygens (including phenoxy) is 3. The summed E-state index contributed by atoms with van der Waals surface area (Å²) in [5.74, 6) is -0.358. The van der Waals surface area contributed by atoms with Crippen LogP contribution in [-0.4, -0.2) is 52.9 Å². The molecule has 2 N–H and O–H groups in total. The van der Waals surface area contributed by atoms with Crippen LogP contribution in [0, 0.1) is 13.8 Å². The van der Waals surface area contributed by atoms with Crippen LogP contribution in [0.5, 0.6) is 11.5 Å². The van der Waals surface area contributed by atoms with Gasteiger partial charge in [0.2, 0.25) is 0 Å². The lowest BCUT2D eigenvalue weighted by molar-refractivity contribution is -0.151. The zero-order valence-electron chi connectivity index (χ0n) is 17.3. The quantitative estimate of drug-likeness (QED) is 0.390. The van der Waals surface area contributed by atoms with Crippen molar-refractivity contribution in [3.63, 3.8) is 0 Å². The SMILES string of the molecule is Cc1cc(C)nc(SCC(=O)O[C@H](C)C(=O)NC(=O)Nc2ccc3c(c2)OCCO3)n1. The Kier molecular flexibility index (Phi) is 7.29. The maximum Gasteiger partial charge on any atom is 0.325 e. The number of hydrogen-bond acceptors (Lipinski definition) is 9. The van der Waals surface area contributed by atoms with Gasteiger partial charge in [0.15, 0.2) is 22.8 Å². The van der Waals surface area contributed by atoms with E-state index in [9.17, 15) is 14.4 Å². The third-order valence-corrected chi connectivity index (χ3v) is 4.82. The average Bonchev–Trinajstić information content (AvgIpc) is 2.71. The molecule has 3 rings (SSSR count). The van der Waals surface area contributed by atoms with Gasteiger partial charge in [-0.05, 0) is 39.0 Å². The van der Waals surface area contributed by atoms with Crippen LogP contribution in [0.1, 0.15) is 18.3 Å². The zero-order chi connectivity index (χ0) is 22.4. The number of anilines is 1. The molecule has 164 valence electrons. The van der Waals surface area contributed by atoms with Gasteiger partial charge in [-0.1, -0.05) is 11.8 Å². The van der Waals surface area contributed by atoms with Crippen LogP contribution in [0.4, 0.5) is 10.5 Å². The molecule has 0 bridgehead atoms. The van der Waals surface area contributed by atoms with Gasteiger partial charge in [-0.25, -0.2) is 14.8 Å². The van der Waals surface area contributed by atoms with Gasteiger partial charge >= 0.3 is 12.0 Å². The van der Waals surface area contributed by atoms with Crippen molar-refractivity contribution >= 4 is 35.4 Å². The second kappa shape index (κ2) is 10.1. The topological polar surface area (TPSA) is 129 Å². The minimum Gasteiger partial charge on any atom is -0.486 e. The number of carbonyl (C=O) groups excluding carboxylic acids is 3. The largest absolute Gasteiger partial charge is 0.486 e. The van der Waals surface area contributed by atoms with E-state index in [0.29, 0.717) is 35.6 Å². The van der Waals surface area contributed by atoms with Gasteiger partial charge in [0.1, 0.15) is 13.2 Å².